The minimum absolute atomic E-state index is 0.0847. The molecule has 3 aromatic rings. The van der Waals surface area contributed by atoms with E-state index in [2.05, 4.69) is 25.3 Å². The lowest BCUT2D eigenvalue weighted by atomic mass is 10.1. The molecule has 3 N–H and O–H groups in total. The maximum atomic E-state index is 12.9. The van der Waals surface area contributed by atoms with Crippen LogP contribution in [0.3, 0.4) is 0 Å². The van der Waals surface area contributed by atoms with Crippen LogP contribution in [0.4, 0.5) is 11.6 Å². The summed E-state index contributed by atoms with van der Waals surface area (Å²) in [6.07, 6.45) is 0.838. The number of hydrogen-bond donors (Lipinski definition) is 3. The number of hydrogen-bond acceptors (Lipinski definition) is 9. The topological polar surface area (TPSA) is 141 Å². The minimum Gasteiger partial charge on any atom is -0.497 e. The number of carbonyl (C=O) groups is 1. The quantitative estimate of drug-likeness (QED) is 0.403. The molecule has 11 nitrogen and oxygen atoms in total. The van der Waals surface area contributed by atoms with Crippen molar-refractivity contribution in [1.82, 2.24) is 14.7 Å². The number of ether oxygens (including phenoxy) is 3. The number of aromatic nitrogens is 2. The van der Waals surface area contributed by atoms with Crippen LogP contribution in [0.2, 0.25) is 0 Å². The van der Waals surface area contributed by atoms with Gasteiger partial charge in [0.25, 0.3) is 0 Å². The van der Waals surface area contributed by atoms with Gasteiger partial charge in [-0.25, -0.2) is 23.1 Å². The SMILES string of the molecule is COc1ccc(-c2ccnc(N[C@H]3CO[C@H]4[C@@H]3OC[C@@H]4NS(=O)(=O)c3ccc(NC(C)=O)cc3)n2)cc1. The van der Waals surface area contributed by atoms with Crippen molar-refractivity contribution in [2.45, 2.75) is 36.1 Å². The van der Waals surface area contributed by atoms with Gasteiger partial charge in [-0.1, -0.05) is 0 Å². The lowest BCUT2D eigenvalue weighted by Gasteiger charge is -2.18. The van der Waals surface area contributed by atoms with E-state index in [0.717, 1.165) is 17.0 Å². The molecule has 5 rings (SSSR count). The molecule has 0 aliphatic carbocycles. The highest BCUT2D eigenvalue weighted by molar-refractivity contribution is 7.89. The maximum absolute atomic E-state index is 12.9. The normalized spacial score (nSPS) is 22.9. The van der Waals surface area contributed by atoms with Gasteiger partial charge in [-0.2, -0.15) is 0 Å². The summed E-state index contributed by atoms with van der Waals surface area (Å²) in [4.78, 5) is 20.2. The molecule has 2 fully saturated rings. The summed E-state index contributed by atoms with van der Waals surface area (Å²) in [6.45, 7) is 1.87. The summed E-state index contributed by atoms with van der Waals surface area (Å²) in [5, 5.41) is 5.89. The summed E-state index contributed by atoms with van der Waals surface area (Å²) in [5.41, 5.74) is 2.18. The van der Waals surface area contributed by atoms with E-state index in [1.54, 1.807) is 13.3 Å². The smallest absolute Gasteiger partial charge is 0.240 e. The van der Waals surface area contributed by atoms with E-state index in [1.807, 2.05) is 30.3 Å². The van der Waals surface area contributed by atoms with Crippen LogP contribution in [0.25, 0.3) is 11.3 Å². The number of amides is 1. The van der Waals surface area contributed by atoms with Gasteiger partial charge in [-0.05, 0) is 54.6 Å². The van der Waals surface area contributed by atoms with Crippen LogP contribution in [-0.4, -0.2) is 68.9 Å². The number of sulfonamides is 1. The monoisotopic (exact) mass is 525 g/mol. The van der Waals surface area contributed by atoms with E-state index >= 15 is 0 Å². The number of rotatable bonds is 8. The molecule has 2 aliphatic rings. The van der Waals surface area contributed by atoms with Gasteiger partial charge in [0.15, 0.2) is 0 Å². The zero-order valence-electron chi connectivity index (χ0n) is 20.2. The van der Waals surface area contributed by atoms with Crippen LogP contribution in [0, 0.1) is 0 Å². The van der Waals surface area contributed by atoms with E-state index in [4.69, 9.17) is 14.2 Å². The van der Waals surface area contributed by atoms with Gasteiger partial charge in [-0.3, -0.25) is 4.79 Å². The van der Waals surface area contributed by atoms with Crippen molar-refractivity contribution in [3.8, 4) is 17.0 Å². The first kappa shape index (κ1) is 25.1. The molecule has 4 atom stereocenters. The third-order valence-corrected chi connectivity index (χ3v) is 7.71. The van der Waals surface area contributed by atoms with Crippen LogP contribution in [0.1, 0.15) is 6.92 Å². The minimum atomic E-state index is -3.82. The number of fused-ring (bicyclic) bond motifs is 1. The number of benzene rings is 2. The number of nitrogens with one attached hydrogen (secondary N) is 3. The fourth-order valence-electron chi connectivity index (χ4n) is 4.43. The predicted molar refractivity (Wildman–Crippen MR) is 136 cm³/mol. The zero-order valence-corrected chi connectivity index (χ0v) is 21.1. The highest BCUT2D eigenvalue weighted by Crippen LogP contribution is 2.30. The van der Waals surface area contributed by atoms with Gasteiger partial charge >= 0.3 is 0 Å². The second-order valence-corrected chi connectivity index (χ2v) is 10.5. The Bertz CT molecular complexity index is 1370. The summed E-state index contributed by atoms with van der Waals surface area (Å²) >= 11 is 0. The molecular weight excluding hydrogens is 498 g/mol. The Labute approximate surface area is 214 Å². The lowest BCUT2D eigenvalue weighted by molar-refractivity contribution is -0.114. The van der Waals surface area contributed by atoms with Crippen LogP contribution in [0.5, 0.6) is 5.75 Å². The van der Waals surface area contributed by atoms with Crippen molar-refractivity contribution in [2.75, 3.05) is 31.0 Å². The third kappa shape index (κ3) is 5.57. The van der Waals surface area contributed by atoms with E-state index in [1.165, 1.54) is 31.2 Å². The predicted octanol–water partition coefficient (Wildman–Crippen LogP) is 2.04. The number of nitrogens with zero attached hydrogens (tertiary/aromatic N) is 2. The molecule has 0 radical (unpaired) electrons. The molecule has 0 bridgehead atoms. The Morgan fingerprint density at radius 2 is 1.65 bits per heavy atom. The lowest BCUT2D eigenvalue weighted by Crippen LogP contribution is -2.44. The fourth-order valence-corrected chi connectivity index (χ4v) is 5.66. The third-order valence-electron chi connectivity index (χ3n) is 6.20. The first-order chi connectivity index (χ1) is 17.8. The molecule has 0 spiro atoms. The van der Waals surface area contributed by atoms with Gasteiger partial charge in [0.05, 0.1) is 43.0 Å². The molecule has 194 valence electrons. The molecular formula is C25H27N5O6S. The summed E-state index contributed by atoms with van der Waals surface area (Å²) in [5.74, 6) is 0.951. The largest absolute Gasteiger partial charge is 0.497 e. The van der Waals surface area contributed by atoms with Gasteiger partial charge in [-0.15, -0.1) is 0 Å². The average molecular weight is 526 g/mol. The van der Waals surface area contributed by atoms with Crippen molar-refractivity contribution in [3.63, 3.8) is 0 Å². The summed E-state index contributed by atoms with van der Waals surface area (Å²) in [7, 11) is -2.21. The molecule has 0 unspecified atom stereocenters. The van der Waals surface area contributed by atoms with E-state index in [0.29, 0.717) is 18.2 Å². The Morgan fingerprint density at radius 1 is 0.973 bits per heavy atom. The van der Waals surface area contributed by atoms with Crippen LogP contribution >= 0.6 is 0 Å². The number of methoxy groups -OCH3 is 1. The van der Waals surface area contributed by atoms with Crippen molar-refractivity contribution in [2.24, 2.45) is 0 Å². The van der Waals surface area contributed by atoms with Crippen molar-refractivity contribution in [3.05, 3.63) is 60.8 Å². The number of anilines is 2. The van der Waals surface area contributed by atoms with Gasteiger partial charge < -0.3 is 24.8 Å². The van der Waals surface area contributed by atoms with Crippen LogP contribution < -0.4 is 20.1 Å². The molecule has 2 aromatic carbocycles. The first-order valence-electron chi connectivity index (χ1n) is 11.7. The molecule has 2 saturated heterocycles. The van der Waals surface area contributed by atoms with Crippen LogP contribution in [0.15, 0.2) is 65.7 Å². The Balaban J connectivity index is 1.23. The van der Waals surface area contributed by atoms with E-state index in [-0.39, 0.29) is 29.6 Å². The molecule has 12 heteroatoms. The Kier molecular flexibility index (Phi) is 7.07. The van der Waals surface area contributed by atoms with Crippen molar-refractivity contribution < 1.29 is 27.4 Å². The number of carbonyl (C=O) groups excluding carboxylic acids is 1. The van der Waals surface area contributed by atoms with E-state index in [9.17, 15) is 13.2 Å². The highest BCUT2D eigenvalue weighted by Gasteiger charge is 2.49. The molecule has 37 heavy (non-hydrogen) atoms. The first-order valence-corrected chi connectivity index (χ1v) is 13.2. The van der Waals surface area contributed by atoms with E-state index < -0.39 is 22.2 Å². The standard InChI is InChI=1S/C25H27N5O6S/c1-15(31)27-17-5-9-19(10-6-17)37(32,33)30-22-14-36-23-21(13-35-24(22)23)29-25-26-12-11-20(28-25)16-3-7-18(34-2)8-4-16/h3-12,21-24,30H,13-14H2,1-2H3,(H,27,31)(H,26,28,29)/t21-,22-,23+,24+/m0/s1. The maximum Gasteiger partial charge on any atom is 0.240 e. The molecule has 1 amide bonds. The van der Waals surface area contributed by atoms with Gasteiger partial charge in [0.1, 0.15) is 18.0 Å². The second kappa shape index (κ2) is 10.4. The van der Waals surface area contributed by atoms with Crippen LogP contribution in [-0.2, 0) is 24.3 Å². The Hall–Kier alpha value is -3.58. The second-order valence-electron chi connectivity index (χ2n) is 8.77. The molecule has 0 saturated carbocycles. The zero-order chi connectivity index (χ0) is 26.0. The summed E-state index contributed by atoms with van der Waals surface area (Å²) < 4.78 is 45.6. The average Bonchev–Trinajstić information content (AvgIpc) is 3.47. The van der Waals surface area contributed by atoms with Crippen molar-refractivity contribution in [1.29, 1.82) is 0 Å². The molecule has 1 aromatic heterocycles. The van der Waals surface area contributed by atoms with Crippen molar-refractivity contribution >= 4 is 27.6 Å². The molecule has 3 heterocycles. The Morgan fingerprint density at radius 3 is 2.32 bits per heavy atom. The van der Waals surface area contributed by atoms with Gasteiger partial charge in [0, 0.05) is 24.4 Å². The fraction of sp³-hybridized carbons (Fsp3) is 0.320. The van der Waals surface area contributed by atoms with Gasteiger partial charge in [0.2, 0.25) is 21.9 Å². The summed E-state index contributed by atoms with van der Waals surface area (Å²) in [6, 6.07) is 14.5. The molecule has 2 aliphatic heterocycles. The highest BCUT2D eigenvalue weighted by atomic mass is 32.2.